The van der Waals surface area contributed by atoms with Gasteiger partial charge in [0.2, 0.25) is 5.91 Å². The molecular weight excluding hydrogens is 310 g/mol. The highest BCUT2D eigenvalue weighted by Crippen LogP contribution is 2.35. The molecule has 0 fully saturated rings. The second kappa shape index (κ2) is 8.45. The van der Waals surface area contributed by atoms with Crippen LogP contribution in [-0.4, -0.2) is 17.6 Å². The molecule has 2 aromatic rings. The molecule has 0 heterocycles. The van der Waals surface area contributed by atoms with E-state index >= 15 is 0 Å². The molecule has 0 radical (unpaired) electrons. The van der Waals surface area contributed by atoms with E-state index in [-0.39, 0.29) is 5.91 Å². The average molecular weight is 335 g/mol. The van der Waals surface area contributed by atoms with Crippen LogP contribution in [0.5, 0.6) is 0 Å². The fourth-order valence-electron chi connectivity index (χ4n) is 2.57. The summed E-state index contributed by atoms with van der Waals surface area (Å²) in [4.78, 5) is 12.4. The minimum atomic E-state index is -0.959. The molecule has 2 N–H and O–H groups in total. The summed E-state index contributed by atoms with van der Waals surface area (Å²) in [6.45, 7) is 7.47. The van der Waals surface area contributed by atoms with Crippen molar-refractivity contribution in [3.8, 4) is 0 Å². The summed E-state index contributed by atoms with van der Waals surface area (Å²) in [7, 11) is 0. The van der Waals surface area contributed by atoms with E-state index in [1.165, 1.54) is 0 Å². The Morgan fingerprint density at radius 1 is 1.12 bits per heavy atom. The molecular formula is C22H25NO2. The van der Waals surface area contributed by atoms with Gasteiger partial charge in [0.1, 0.15) is 0 Å². The molecule has 0 spiro atoms. The van der Waals surface area contributed by atoms with Gasteiger partial charge in [-0.2, -0.15) is 0 Å². The molecule has 1 unspecified atom stereocenters. The van der Waals surface area contributed by atoms with Crippen molar-refractivity contribution in [1.82, 2.24) is 5.32 Å². The van der Waals surface area contributed by atoms with E-state index in [4.69, 9.17) is 0 Å². The second-order valence-electron chi connectivity index (χ2n) is 6.50. The number of rotatable bonds is 7. The number of benzene rings is 2. The van der Waals surface area contributed by atoms with Gasteiger partial charge in [-0.05, 0) is 30.5 Å². The van der Waals surface area contributed by atoms with Crippen molar-refractivity contribution >= 4 is 18.1 Å². The molecule has 3 heteroatoms. The first-order chi connectivity index (χ1) is 12.0. The third-order valence-electron chi connectivity index (χ3n) is 4.22. The summed E-state index contributed by atoms with van der Waals surface area (Å²) >= 11 is 0. The molecule has 0 saturated carbocycles. The average Bonchev–Trinajstić information content (AvgIpc) is 2.64. The lowest BCUT2D eigenvalue weighted by molar-refractivity contribution is -0.135. The molecule has 1 atom stereocenters. The van der Waals surface area contributed by atoms with Crippen LogP contribution in [0.2, 0.25) is 0 Å². The lowest BCUT2D eigenvalue weighted by Crippen LogP contribution is -2.41. The Labute approximate surface area is 149 Å². The van der Waals surface area contributed by atoms with E-state index in [0.717, 1.165) is 16.7 Å². The number of aliphatic hydroxyl groups excluding tert-OH is 1. The number of carbonyl (C=O) groups excluding carboxylic acids is 1. The summed E-state index contributed by atoms with van der Waals surface area (Å²) in [5, 5.41) is 13.6. The fourth-order valence-corrected chi connectivity index (χ4v) is 2.57. The molecule has 2 rings (SSSR count). The quantitative estimate of drug-likeness (QED) is 0.588. The first-order valence-corrected chi connectivity index (χ1v) is 8.36. The Morgan fingerprint density at radius 3 is 2.44 bits per heavy atom. The number of hydrogen-bond acceptors (Lipinski definition) is 2. The van der Waals surface area contributed by atoms with E-state index in [9.17, 15) is 9.90 Å². The van der Waals surface area contributed by atoms with Gasteiger partial charge in [0.05, 0.1) is 11.5 Å². The maximum Gasteiger partial charge on any atom is 0.228 e. The molecule has 2 aromatic carbocycles. The Hall–Kier alpha value is -2.65. The van der Waals surface area contributed by atoms with E-state index in [1.807, 2.05) is 66.7 Å². The van der Waals surface area contributed by atoms with E-state index in [2.05, 4.69) is 11.9 Å². The lowest BCUT2D eigenvalue weighted by atomic mass is 9.80. The Balaban J connectivity index is 2.28. The van der Waals surface area contributed by atoms with Crippen molar-refractivity contribution in [2.24, 2.45) is 5.41 Å². The molecule has 0 aliphatic carbocycles. The first kappa shape index (κ1) is 18.7. The predicted molar refractivity (Wildman–Crippen MR) is 104 cm³/mol. The molecule has 0 saturated heterocycles. The van der Waals surface area contributed by atoms with E-state index < -0.39 is 11.5 Å². The van der Waals surface area contributed by atoms with Gasteiger partial charge in [0.15, 0.2) is 0 Å². The number of nitrogens with one attached hydrogen (secondary N) is 1. The molecule has 0 aromatic heterocycles. The highest BCUT2D eigenvalue weighted by atomic mass is 16.3. The Bertz CT molecular complexity index is 748. The third-order valence-corrected chi connectivity index (χ3v) is 4.22. The van der Waals surface area contributed by atoms with Crippen LogP contribution in [0.15, 0.2) is 67.3 Å². The minimum Gasteiger partial charge on any atom is -0.387 e. The van der Waals surface area contributed by atoms with Crippen LogP contribution in [0.4, 0.5) is 0 Å². The molecule has 0 bridgehead atoms. The molecule has 1 amide bonds. The maximum atomic E-state index is 12.4. The molecule has 3 nitrogen and oxygen atoms in total. The minimum absolute atomic E-state index is 0.207. The van der Waals surface area contributed by atoms with Gasteiger partial charge >= 0.3 is 0 Å². The lowest BCUT2D eigenvalue weighted by Gasteiger charge is -2.30. The van der Waals surface area contributed by atoms with Gasteiger partial charge in [-0.1, -0.05) is 72.8 Å². The topological polar surface area (TPSA) is 49.3 Å². The summed E-state index contributed by atoms with van der Waals surface area (Å²) in [5.74, 6) is -0.207. The largest absolute Gasteiger partial charge is 0.387 e. The van der Waals surface area contributed by atoms with Crippen molar-refractivity contribution in [1.29, 1.82) is 0 Å². The normalized spacial score (nSPS) is 12.8. The Morgan fingerprint density at radius 2 is 1.76 bits per heavy atom. The predicted octanol–water partition coefficient (Wildman–Crippen LogP) is 4.22. The third kappa shape index (κ3) is 4.68. The van der Waals surface area contributed by atoms with Crippen molar-refractivity contribution in [3.63, 3.8) is 0 Å². The molecule has 130 valence electrons. The zero-order valence-electron chi connectivity index (χ0n) is 14.8. The van der Waals surface area contributed by atoms with Crippen LogP contribution < -0.4 is 5.32 Å². The number of carbonyl (C=O) groups is 1. The van der Waals surface area contributed by atoms with Gasteiger partial charge in [-0.15, -0.1) is 6.58 Å². The van der Waals surface area contributed by atoms with Crippen LogP contribution in [-0.2, 0) is 4.79 Å². The smallest absolute Gasteiger partial charge is 0.228 e. The molecule has 0 aliphatic heterocycles. The monoisotopic (exact) mass is 335 g/mol. The van der Waals surface area contributed by atoms with Crippen LogP contribution in [0, 0.1) is 5.41 Å². The number of hydrogen-bond donors (Lipinski definition) is 2. The van der Waals surface area contributed by atoms with Gasteiger partial charge in [0, 0.05) is 6.54 Å². The van der Waals surface area contributed by atoms with Gasteiger partial charge in [-0.3, -0.25) is 4.79 Å². The molecule has 0 aliphatic rings. The second-order valence-corrected chi connectivity index (χ2v) is 6.50. The Kier molecular flexibility index (Phi) is 6.31. The van der Waals surface area contributed by atoms with Crippen LogP contribution in [0.3, 0.4) is 0 Å². The summed E-state index contributed by atoms with van der Waals surface area (Å²) in [6.07, 6.45) is 4.66. The van der Waals surface area contributed by atoms with Crippen LogP contribution >= 0.6 is 0 Å². The SMILES string of the molecule is C=CCNC(=O)C(C)(C)C(O)c1ccccc1/C=C/c1ccccc1. The fraction of sp³-hybridized carbons (Fsp3) is 0.227. The van der Waals surface area contributed by atoms with Gasteiger partial charge in [-0.25, -0.2) is 0 Å². The van der Waals surface area contributed by atoms with E-state index in [1.54, 1.807) is 19.9 Å². The van der Waals surface area contributed by atoms with Crippen molar-refractivity contribution in [2.75, 3.05) is 6.54 Å². The zero-order valence-corrected chi connectivity index (χ0v) is 14.8. The van der Waals surface area contributed by atoms with Crippen LogP contribution in [0.1, 0.15) is 36.6 Å². The summed E-state index contributed by atoms with van der Waals surface area (Å²) < 4.78 is 0. The van der Waals surface area contributed by atoms with Crippen molar-refractivity contribution in [3.05, 3.63) is 83.9 Å². The zero-order chi connectivity index (χ0) is 18.3. The van der Waals surface area contributed by atoms with Gasteiger partial charge in [0.25, 0.3) is 0 Å². The number of aliphatic hydroxyl groups is 1. The van der Waals surface area contributed by atoms with Crippen molar-refractivity contribution in [2.45, 2.75) is 20.0 Å². The standard InChI is InChI=1S/C22H25NO2/c1-4-16-23-21(25)22(2,3)20(24)19-13-9-8-12-18(19)15-14-17-10-6-5-7-11-17/h4-15,20,24H,1,16H2,2-3H3,(H,23,25)/b15-14+. The molecule has 25 heavy (non-hydrogen) atoms. The highest BCUT2D eigenvalue weighted by Gasteiger charge is 2.37. The van der Waals surface area contributed by atoms with Gasteiger partial charge < -0.3 is 10.4 Å². The maximum absolute atomic E-state index is 12.4. The number of amides is 1. The van der Waals surface area contributed by atoms with Crippen molar-refractivity contribution < 1.29 is 9.90 Å². The van der Waals surface area contributed by atoms with E-state index in [0.29, 0.717) is 6.54 Å². The summed E-state index contributed by atoms with van der Waals surface area (Å²) in [5.41, 5.74) is 1.74. The first-order valence-electron chi connectivity index (χ1n) is 8.36. The van der Waals surface area contributed by atoms with Crippen LogP contribution in [0.25, 0.3) is 12.2 Å². The summed E-state index contributed by atoms with van der Waals surface area (Å²) in [6, 6.07) is 17.6. The highest BCUT2D eigenvalue weighted by molar-refractivity contribution is 5.83.